The molecule has 0 bridgehead atoms. The van der Waals surface area contributed by atoms with Gasteiger partial charge < -0.3 is 15.2 Å². The lowest BCUT2D eigenvalue weighted by atomic mass is 10.2. The molecule has 2 heterocycles. The Morgan fingerprint density at radius 3 is 3.28 bits per heavy atom. The standard InChI is InChI=1S/C13H22N4O/c1-2-6-16-13(18)5-8-17-10-14-9-12(17)11-4-3-7-15-11/h9-11,15H,2-8H2,1H3,(H,16,18)/t11-/m0/s1. The fourth-order valence-corrected chi connectivity index (χ4v) is 2.32. The summed E-state index contributed by atoms with van der Waals surface area (Å²) in [5.41, 5.74) is 1.20. The van der Waals surface area contributed by atoms with E-state index >= 15 is 0 Å². The minimum atomic E-state index is 0.121. The van der Waals surface area contributed by atoms with E-state index in [1.54, 1.807) is 0 Å². The summed E-state index contributed by atoms with van der Waals surface area (Å²) in [5, 5.41) is 6.36. The number of nitrogens with one attached hydrogen (secondary N) is 2. The Bertz CT molecular complexity index is 382. The number of amides is 1. The molecule has 2 N–H and O–H groups in total. The number of rotatable bonds is 6. The Balaban J connectivity index is 1.85. The fraction of sp³-hybridized carbons (Fsp3) is 0.692. The van der Waals surface area contributed by atoms with Crippen molar-refractivity contribution < 1.29 is 4.79 Å². The molecule has 0 saturated carbocycles. The van der Waals surface area contributed by atoms with Gasteiger partial charge in [0, 0.05) is 31.7 Å². The first-order valence-electron chi connectivity index (χ1n) is 6.81. The van der Waals surface area contributed by atoms with Crippen molar-refractivity contribution in [1.29, 1.82) is 0 Å². The largest absolute Gasteiger partial charge is 0.356 e. The van der Waals surface area contributed by atoms with E-state index in [9.17, 15) is 4.79 Å². The molecular weight excluding hydrogens is 228 g/mol. The second kappa shape index (κ2) is 6.54. The van der Waals surface area contributed by atoms with Gasteiger partial charge in [0.25, 0.3) is 0 Å². The molecular formula is C13H22N4O. The smallest absolute Gasteiger partial charge is 0.221 e. The highest BCUT2D eigenvalue weighted by molar-refractivity contribution is 5.75. The Morgan fingerprint density at radius 1 is 1.67 bits per heavy atom. The lowest BCUT2D eigenvalue weighted by molar-refractivity contribution is -0.121. The molecule has 0 aliphatic carbocycles. The molecule has 1 amide bonds. The highest BCUT2D eigenvalue weighted by Gasteiger charge is 2.19. The first-order valence-corrected chi connectivity index (χ1v) is 6.81. The molecule has 18 heavy (non-hydrogen) atoms. The van der Waals surface area contributed by atoms with E-state index in [2.05, 4.69) is 27.1 Å². The normalized spacial score (nSPS) is 19.1. The lowest BCUT2D eigenvalue weighted by Gasteiger charge is -2.13. The van der Waals surface area contributed by atoms with Crippen LogP contribution in [0.3, 0.4) is 0 Å². The average molecular weight is 250 g/mol. The fourth-order valence-electron chi connectivity index (χ4n) is 2.32. The van der Waals surface area contributed by atoms with E-state index in [-0.39, 0.29) is 5.91 Å². The third-order valence-electron chi connectivity index (χ3n) is 3.31. The topological polar surface area (TPSA) is 59.0 Å². The van der Waals surface area contributed by atoms with Gasteiger partial charge in [0.15, 0.2) is 0 Å². The molecule has 1 aromatic heterocycles. The van der Waals surface area contributed by atoms with Crippen LogP contribution in [0, 0.1) is 0 Å². The predicted octanol–water partition coefficient (Wildman–Crippen LogP) is 1.22. The van der Waals surface area contributed by atoms with E-state index in [1.807, 2.05) is 12.5 Å². The molecule has 0 spiro atoms. The summed E-state index contributed by atoms with van der Waals surface area (Å²) in [7, 11) is 0. The highest BCUT2D eigenvalue weighted by atomic mass is 16.1. The number of aryl methyl sites for hydroxylation is 1. The summed E-state index contributed by atoms with van der Waals surface area (Å²) in [6.45, 7) is 4.61. The van der Waals surface area contributed by atoms with Crippen LogP contribution in [0.15, 0.2) is 12.5 Å². The average Bonchev–Trinajstić information content (AvgIpc) is 3.03. The first kappa shape index (κ1) is 13.1. The molecule has 1 aromatic rings. The van der Waals surface area contributed by atoms with E-state index in [0.717, 1.165) is 25.9 Å². The molecule has 100 valence electrons. The Kier molecular flexibility index (Phi) is 4.75. The van der Waals surface area contributed by atoms with Crippen molar-refractivity contribution in [3.8, 4) is 0 Å². The van der Waals surface area contributed by atoms with Crippen molar-refractivity contribution >= 4 is 5.91 Å². The predicted molar refractivity (Wildman–Crippen MR) is 70.1 cm³/mol. The number of imidazole rings is 1. The zero-order valence-corrected chi connectivity index (χ0v) is 11.0. The summed E-state index contributed by atoms with van der Waals surface area (Å²) >= 11 is 0. The van der Waals surface area contributed by atoms with Gasteiger partial charge in [-0.2, -0.15) is 0 Å². The molecule has 0 aromatic carbocycles. The van der Waals surface area contributed by atoms with E-state index in [1.165, 1.54) is 12.1 Å². The maximum Gasteiger partial charge on any atom is 0.221 e. The molecule has 1 aliphatic rings. The minimum Gasteiger partial charge on any atom is -0.356 e. The SMILES string of the molecule is CCCNC(=O)CCn1cncc1[C@@H]1CCCN1. The molecule has 1 fully saturated rings. The van der Waals surface area contributed by atoms with Crippen molar-refractivity contribution in [3.63, 3.8) is 0 Å². The van der Waals surface area contributed by atoms with Crippen LogP contribution < -0.4 is 10.6 Å². The summed E-state index contributed by atoms with van der Waals surface area (Å²) in [4.78, 5) is 15.8. The Morgan fingerprint density at radius 2 is 2.56 bits per heavy atom. The number of nitrogens with zero attached hydrogens (tertiary/aromatic N) is 2. The maximum absolute atomic E-state index is 11.6. The Labute approximate surface area is 108 Å². The third kappa shape index (κ3) is 3.32. The summed E-state index contributed by atoms with van der Waals surface area (Å²) in [6.07, 6.45) is 7.61. The molecule has 5 heteroatoms. The van der Waals surface area contributed by atoms with Crippen LogP contribution in [-0.2, 0) is 11.3 Å². The van der Waals surface area contributed by atoms with E-state index in [4.69, 9.17) is 0 Å². The number of aromatic nitrogens is 2. The molecule has 1 atom stereocenters. The second-order valence-corrected chi connectivity index (χ2v) is 4.76. The number of carbonyl (C=O) groups excluding carboxylic acids is 1. The molecule has 0 radical (unpaired) electrons. The third-order valence-corrected chi connectivity index (χ3v) is 3.31. The zero-order valence-electron chi connectivity index (χ0n) is 11.0. The highest BCUT2D eigenvalue weighted by Crippen LogP contribution is 2.22. The molecule has 0 unspecified atom stereocenters. The van der Waals surface area contributed by atoms with Gasteiger partial charge in [-0.05, 0) is 25.8 Å². The molecule has 5 nitrogen and oxygen atoms in total. The van der Waals surface area contributed by atoms with Gasteiger partial charge in [0.2, 0.25) is 5.91 Å². The monoisotopic (exact) mass is 250 g/mol. The van der Waals surface area contributed by atoms with Crippen molar-refractivity contribution in [1.82, 2.24) is 20.2 Å². The van der Waals surface area contributed by atoms with Crippen LogP contribution in [-0.4, -0.2) is 28.5 Å². The van der Waals surface area contributed by atoms with Crippen LogP contribution in [0.4, 0.5) is 0 Å². The van der Waals surface area contributed by atoms with Crippen molar-refractivity contribution in [2.75, 3.05) is 13.1 Å². The van der Waals surface area contributed by atoms with E-state index < -0.39 is 0 Å². The van der Waals surface area contributed by atoms with Crippen LogP contribution in [0.1, 0.15) is 44.3 Å². The van der Waals surface area contributed by atoms with Crippen LogP contribution in [0.2, 0.25) is 0 Å². The summed E-state index contributed by atoms with van der Waals surface area (Å²) in [6, 6.07) is 0.409. The van der Waals surface area contributed by atoms with Gasteiger partial charge >= 0.3 is 0 Å². The molecule has 2 rings (SSSR count). The van der Waals surface area contributed by atoms with Gasteiger partial charge in [0.05, 0.1) is 12.0 Å². The number of hydrogen-bond acceptors (Lipinski definition) is 3. The van der Waals surface area contributed by atoms with Gasteiger partial charge in [-0.25, -0.2) is 4.98 Å². The quantitative estimate of drug-likeness (QED) is 0.798. The summed E-state index contributed by atoms with van der Waals surface area (Å²) in [5.74, 6) is 0.121. The van der Waals surface area contributed by atoms with Crippen LogP contribution in [0.5, 0.6) is 0 Å². The van der Waals surface area contributed by atoms with Crippen LogP contribution in [0.25, 0.3) is 0 Å². The zero-order chi connectivity index (χ0) is 12.8. The van der Waals surface area contributed by atoms with Gasteiger partial charge in [-0.1, -0.05) is 6.92 Å². The van der Waals surface area contributed by atoms with Crippen LogP contribution >= 0.6 is 0 Å². The minimum absolute atomic E-state index is 0.121. The van der Waals surface area contributed by atoms with Crippen molar-refractivity contribution in [3.05, 3.63) is 18.2 Å². The molecule has 1 saturated heterocycles. The van der Waals surface area contributed by atoms with Gasteiger partial charge in [-0.15, -0.1) is 0 Å². The first-order chi connectivity index (χ1) is 8.81. The number of hydrogen-bond donors (Lipinski definition) is 2. The lowest BCUT2D eigenvalue weighted by Crippen LogP contribution is -2.25. The summed E-state index contributed by atoms with van der Waals surface area (Å²) < 4.78 is 2.09. The maximum atomic E-state index is 11.6. The van der Waals surface area contributed by atoms with Gasteiger partial charge in [0.1, 0.15) is 0 Å². The Hall–Kier alpha value is -1.36. The number of carbonyl (C=O) groups is 1. The van der Waals surface area contributed by atoms with Crippen molar-refractivity contribution in [2.45, 2.75) is 45.2 Å². The second-order valence-electron chi connectivity index (χ2n) is 4.76. The molecule has 1 aliphatic heterocycles. The van der Waals surface area contributed by atoms with Crippen molar-refractivity contribution in [2.24, 2.45) is 0 Å². The van der Waals surface area contributed by atoms with Gasteiger partial charge in [-0.3, -0.25) is 4.79 Å². The van der Waals surface area contributed by atoms with E-state index in [0.29, 0.717) is 19.0 Å².